The molecule has 0 unspecified atom stereocenters. The Labute approximate surface area is 106 Å². The zero-order valence-electron chi connectivity index (χ0n) is 9.52. The molecular formula is C3H26NO14P. The minimum absolute atomic E-state index is 0. The van der Waals surface area contributed by atoms with Gasteiger partial charge in [0.2, 0.25) is 0 Å². The van der Waals surface area contributed by atoms with Crippen LogP contribution in [0.2, 0.25) is 0 Å². The summed E-state index contributed by atoms with van der Waals surface area (Å²) in [5, 5.41) is 10.1. The largest absolute Gasteiger partial charge is 0.480 e. The van der Waals surface area contributed by atoms with Crippen molar-refractivity contribution in [1.82, 2.24) is 5.32 Å². The van der Waals surface area contributed by atoms with Gasteiger partial charge in [-0.2, -0.15) is 0 Å². The van der Waals surface area contributed by atoms with E-state index in [1.165, 1.54) is 0 Å². The lowest BCUT2D eigenvalue weighted by Gasteiger charge is -2.02. The first kappa shape index (κ1) is 80.0. The summed E-state index contributed by atoms with van der Waals surface area (Å²) in [6.07, 6.45) is -0.598. The van der Waals surface area contributed by atoms with Crippen LogP contribution in [0.4, 0.5) is 0 Å². The fraction of sp³-hybridized carbons (Fsp3) is 0.667. The molecule has 22 N–H and O–H groups in total. The van der Waals surface area contributed by atoms with Gasteiger partial charge in [-0.1, -0.05) is 0 Å². The highest BCUT2D eigenvalue weighted by molar-refractivity contribution is 7.51. The second-order valence-corrected chi connectivity index (χ2v) is 3.29. The number of nitrogens with one attached hydrogen (secondary N) is 1. The lowest BCUT2D eigenvalue weighted by Crippen LogP contribution is -2.23. The highest BCUT2D eigenvalue weighted by Gasteiger charge is 2.11. The molecule has 0 aliphatic carbocycles. The summed E-state index contributed by atoms with van der Waals surface area (Å²) in [6.45, 7) is -0.439. The predicted octanol–water partition coefficient (Wildman–Crippen LogP) is -8.63. The van der Waals surface area contributed by atoms with Gasteiger partial charge in [0.15, 0.2) is 0 Å². The van der Waals surface area contributed by atoms with Crippen LogP contribution in [-0.4, -0.2) is 83.0 Å². The molecule has 0 aliphatic heterocycles. The van der Waals surface area contributed by atoms with Crippen molar-refractivity contribution in [2.24, 2.45) is 0 Å². The van der Waals surface area contributed by atoms with E-state index in [-0.39, 0.29) is 49.3 Å². The number of hydrogen-bond acceptors (Lipinski definition) is 3. The van der Waals surface area contributed by atoms with E-state index >= 15 is 0 Å². The Kier molecular flexibility index (Phi) is 151. The van der Waals surface area contributed by atoms with Crippen LogP contribution < -0.4 is 5.32 Å². The summed E-state index contributed by atoms with van der Waals surface area (Å²) >= 11 is 0. The molecule has 0 aromatic rings. The van der Waals surface area contributed by atoms with Crippen LogP contribution in [0.15, 0.2) is 0 Å². The van der Waals surface area contributed by atoms with Gasteiger partial charge in [0, 0.05) is 0 Å². The molecular weight excluding hydrogens is 305 g/mol. The van der Waals surface area contributed by atoms with Gasteiger partial charge in [0.1, 0.15) is 0 Å². The van der Waals surface area contributed by atoms with E-state index in [1.807, 2.05) is 0 Å². The number of carboxylic acid groups (broad SMARTS) is 1. The van der Waals surface area contributed by atoms with E-state index in [0.29, 0.717) is 0 Å². The van der Waals surface area contributed by atoms with Gasteiger partial charge in [-0.25, -0.2) is 0 Å². The predicted molar refractivity (Wildman–Crippen MR) is 65.1 cm³/mol. The first-order valence-electron chi connectivity index (χ1n) is 2.39. The fourth-order valence-electron chi connectivity index (χ4n) is 0.308. The number of aliphatic carboxylic acids is 1. The smallest absolute Gasteiger partial charge is 0.339 e. The minimum Gasteiger partial charge on any atom is -0.480 e. The Morgan fingerprint density at radius 1 is 0.842 bits per heavy atom. The molecule has 0 amide bonds. The van der Waals surface area contributed by atoms with Crippen molar-refractivity contribution < 1.29 is 73.5 Å². The summed E-state index contributed by atoms with van der Waals surface area (Å²) in [5.41, 5.74) is 0. The van der Waals surface area contributed by atoms with Crippen molar-refractivity contribution in [2.75, 3.05) is 12.8 Å². The summed E-state index contributed by atoms with van der Waals surface area (Å²) in [4.78, 5) is 26.1. The van der Waals surface area contributed by atoms with Gasteiger partial charge < -0.3 is 64.2 Å². The van der Waals surface area contributed by atoms with Crippen LogP contribution in [0.25, 0.3) is 0 Å². The molecule has 0 bridgehead atoms. The van der Waals surface area contributed by atoms with Crippen LogP contribution in [-0.2, 0) is 9.36 Å². The maximum Gasteiger partial charge on any atom is 0.339 e. The van der Waals surface area contributed by atoms with Gasteiger partial charge in [-0.15, -0.1) is 0 Å². The number of rotatable bonds is 4. The van der Waals surface area contributed by atoms with Crippen molar-refractivity contribution in [1.29, 1.82) is 0 Å². The zero-order valence-corrected chi connectivity index (χ0v) is 10.4. The molecule has 0 fully saturated rings. The van der Waals surface area contributed by atoms with Crippen molar-refractivity contribution in [3.8, 4) is 0 Å². The molecule has 0 aromatic carbocycles. The van der Waals surface area contributed by atoms with Crippen LogP contribution in [0.1, 0.15) is 0 Å². The average molecular weight is 331 g/mol. The third-order valence-corrected chi connectivity index (χ3v) is 1.23. The van der Waals surface area contributed by atoms with E-state index in [0.717, 1.165) is 0 Å². The van der Waals surface area contributed by atoms with E-state index in [2.05, 4.69) is 5.32 Å². The maximum atomic E-state index is 10.1. The van der Waals surface area contributed by atoms with Crippen molar-refractivity contribution in [2.45, 2.75) is 0 Å². The Bertz CT molecular complexity index is 168. The molecule has 0 heterocycles. The summed E-state index contributed by atoms with van der Waals surface area (Å²) < 4.78 is 10.1. The average Bonchev–Trinajstić information content (AvgIpc) is 1.59. The normalized spacial score (nSPS) is 6.00. The Balaban J connectivity index is -0.0000000112. The zero-order chi connectivity index (χ0) is 8.20. The second kappa shape index (κ2) is 36.0. The van der Waals surface area contributed by atoms with Crippen molar-refractivity contribution in [3.63, 3.8) is 0 Å². The van der Waals surface area contributed by atoms with Crippen LogP contribution in [0.5, 0.6) is 0 Å². The summed E-state index contributed by atoms with van der Waals surface area (Å²) in [7, 11) is -4.10. The monoisotopic (exact) mass is 331 g/mol. The first-order valence-corrected chi connectivity index (χ1v) is 4.18. The van der Waals surface area contributed by atoms with Crippen LogP contribution >= 0.6 is 7.60 Å². The van der Waals surface area contributed by atoms with Gasteiger partial charge >= 0.3 is 13.6 Å². The van der Waals surface area contributed by atoms with E-state index in [4.69, 9.17) is 14.9 Å². The number of carboxylic acids is 1. The third kappa shape index (κ3) is 103. The molecule has 0 atom stereocenters. The van der Waals surface area contributed by atoms with E-state index < -0.39 is 26.4 Å². The van der Waals surface area contributed by atoms with Crippen molar-refractivity contribution >= 4 is 13.6 Å². The Morgan fingerprint density at radius 3 is 1.26 bits per heavy atom. The topological polar surface area (TPSA) is 390 Å². The molecule has 15 nitrogen and oxygen atoms in total. The molecule has 0 spiro atoms. The summed E-state index contributed by atoms with van der Waals surface area (Å²) in [5.74, 6) is -1.14. The third-order valence-electron chi connectivity index (χ3n) is 0.594. The molecule has 132 valence electrons. The minimum atomic E-state index is -4.10. The van der Waals surface area contributed by atoms with Gasteiger partial charge in [0.05, 0.1) is 12.8 Å². The molecule has 0 saturated carbocycles. The van der Waals surface area contributed by atoms with Crippen LogP contribution in [0.3, 0.4) is 0 Å². The first-order chi connectivity index (χ1) is 4.42. The molecule has 19 heavy (non-hydrogen) atoms. The molecule has 0 radical (unpaired) electrons. The highest BCUT2D eigenvalue weighted by Crippen LogP contribution is 2.31. The number of carbonyl (C=O) groups is 1. The Hall–Kier alpha value is -0.780. The molecule has 0 saturated heterocycles. The molecule has 0 aliphatic rings. The van der Waals surface area contributed by atoms with Crippen LogP contribution in [0, 0.1) is 0 Å². The van der Waals surface area contributed by atoms with E-state index in [9.17, 15) is 9.36 Å². The van der Waals surface area contributed by atoms with Gasteiger partial charge in [0.25, 0.3) is 0 Å². The quantitative estimate of drug-likeness (QED) is 0.361. The fourth-order valence-corrected chi connectivity index (χ4v) is 0.712. The highest BCUT2D eigenvalue weighted by atomic mass is 31.2. The standard InChI is InChI=1S/C3H8NO5P.9H2O/c5-3(6)1-4-2-10(7,8)9;;;;;;;;;/h4H,1-2H2,(H,5,6)(H2,7,8,9);9*1H2. The van der Waals surface area contributed by atoms with Gasteiger partial charge in [-0.3, -0.25) is 14.7 Å². The Morgan fingerprint density at radius 2 is 1.11 bits per heavy atom. The molecule has 0 rings (SSSR count). The lowest BCUT2D eigenvalue weighted by molar-refractivity contribution is -0.135. The van der Waals surface area contributed by atoms with Crippen molar-refractivity contribution in [3.05, 3.63) is 0 Å². The second-order valence-electron chi connectivity index (χ2n) is 1.64. The van der Waals surface area contributed by atoms with Gasteiger partial charge in [-0.05, 0) is 0 Å². The van der Waals surface area contributed by atoms with E-state index in [1.54, 1.807) is 0 Å². The SMILES string of the molecule is O.O.O.O.O.O.O.O.O.O=C(O)CNCP(=O)(O)O. The summed E-state index contributed by atoms with van der Waals surface area (Å²) in [6, 6.07) is 0. The number of hydrogen-bond donors (Lipinski definition) is 4. The molecule has 0 aromatic heterocycles. The molecule has 16 heteroatoms. The lowest BCUT2D eigenvalue weighted by atomic mass is 10.7. The maximum absolute atomic E-state index is 10.1.